The van der Waals surface area contributed by atoms with Crippen molar-refractivity contribution in [1.29, 1.82) is 0 Å². The number of hydrogen-bond donors (Lipinski definition) is 0. The Labute approximate surface area is 104 Å². The summed E-state index contributed by atoms with van der Waals surface area (Å²) in [6.45, 7) is 5.29. The first-order valence-electron chi connectivity index (χ1n) is 5.14. The van der Waals surface area contributed by atoms with Gasteiger partial charge in [0.15, 0.2) is 0 Å². The van der Waals surface area contributed by atoms with Gasteiger partial charge in [-0.3, -0.25) is 9.69 Å². The van der Waals surface area contributed by atoms with Gasteiger partial charge in [0.25, 0.3) is 5.78 Å². The molecule has 1 aliphatic heterocycles. The molecular weight excluding hydrogens is 242 g/mol. The zero-order valence-electron chi connectivity index (χ0n) is 10.0. The average molecular weight is 257 g/mol. The summed E-state index contributed by atoms with van der Waals surface area (Å²) in [7, 11) is 0. The molecule has 1 aliphatic rings. The molecule has 0 aromatic heterocycles. The molecule has 17 heavy (non-hydrogen) atoms. The van der Waals surface area contributed by atoms with Crippen molar-refractivity contribution in [3.8, 4) is 0 Å². The van der Waals surface area contributed by atoms with E-state index >= 15 is 0 Å². The normalized spacial score (nSPS) is 19.7. The molecule has 0 aromatic carbocycles. The van der Waals surface area contributed by atoms with E-state index in [-0.39, 0.29) is 0 Å². The standard InChI is InChI=1S/C10H15N3O3S/c1-10(2,3)16-9(15)13-6-17-5-7(13)8(14)4-12-11/h4,7H,5-6H2,1-3H3. The summed E-state index contributed by atoms with van der Waals surface area (Å²) in [5.41, 5.74) is 7.72. The monoisotopic (exact) mass is 257 g/mol. The summed E-state index contributed by atoms with van der Waals surface area (Å²) in [6.07, 6.45) is 0.292. The molecule has 0 aliphatic carbocycles. The van der Waals surface area contributed by atoms with Gasteiger partial charge < -0.3 is 10.3 Å². The zero-order chi connectivity index (χ0) is 13.1. The number of amides is 1. The predicted octanol–water partition coefficient (Wildman–Crippen LogP) is 1.17. The van der Waals surface area contributed by atoms with Gasteiger partial charge in [-0.05, 0) is 20.8 Å². The number of hydrogen-bond acceptors (Lipinski definition) is 4. The SMILES string of the molecule is CC(C)(C)OC(=O)N1CSCC1C(=O)C=[N+]=[N-]. The van der Waals surface area contributed by atoms with Gasteiger partial charge in [-0.15, -0.1) is 11.8 Å². The van der Waals surface area contributed by atoms with Crippen LogP contribution < -0.4 is 0 Å². The maximum Gasteiger partial charge on any atom is 0.411 e. The molecule has 0 saturated carbocycles. The topological polar surface area (TPSA) is 83.0 Å². The van der Waals surface area contributed by atoms with E-state index in [4.69, 9.17) is 10.3 Å². The second-order valence-corrected chi connectivity index (χ2v) is 5.61. The number of Topliss-reactive ketones (excluding diaryl/α,β-unsaturated/α-hetero) is 1. The maximum atomic E-state index is 11.8. The lowest BCUT2D eigenvalue weighted by atomic mass is 10.2. The highest BCUT2D eigenvalue weighted by Crippen LogP contribution is 2.23. The minimum atomic E-state index is -0.606. The fraction of sp³-hybridized carbons (Fsp3) is 0.700. The van der Waals surface area contributed by atoms with Gasteiger partial charge in [-0.25, -0.2) is 4.79 Å². The first-order chi connectivity index (χ1) is 7.85. The van der Waals surface area contributed by atoms with Crippen LogP contribution in [0.1, 0.15) is 20.8 Å². The van der Waals surface area contributed by atoms with Gasteiger partial charge >= 0.3 is 12.3 Å². The molecule has 0 radical (unpaired) electrons. The molecule has 1 unspecified atom stereocenters. The van der Waals surface area contributed by atoms with Gasteiger partial charge in [0.1, 0.15) is 11.6 Å². The number of rotatable bonds is 2. The predicted molar refractivity (Wildman–Crippen MR) is 63.9 cm³/mol. The van der Waals surface area contributed by atoms with E-state index in [1.807, 2.05) is 0 Å². The summed E-state index contributed by atoms with van der Waals surface area (Å²) in [6, 6.07) is -0.606. The minimum Gasteiger partial charge on any atom is -0.444 e. The van der Waals surface area contributed by atoms with Crippen molar-refractivity contribution >= 4 is 29.9 Å². The third kappa shape index (κ3) is 3.87. The molecule has 1 saturated heterocycles. The van der Waals surface area contributed by atoms with Crippen LogP contribution in [-0.4, -0.2) is 51.1 Å². The van der Waals surface area contributed by atoms with E-state index in [0.717, 1.165) is 6.21 Å². The maximum absolute atomic E-state index is 11.8. The zero-order valence-corrected chi connectivity index (χ0v) is 10.9. The summed E-state index contributed by atoms with van der Waals surface area (Å²) >= 11 is 1.46. The lowest BCUT2D eigenvalue weighted by Gasteiger charge is -2.26. The number of carbonyl (C=O) groups excluding carboxylic acids is 2. The van der Waals surface area contributed by atoms with Gasteiger partial charge in [-0.2, -0.15) is 4.79 Å². The van der Waals surface area contributed by atoms with Crippen LogP contribution in [0.2, 0.25) is 0 Å². The molecule has 1 rings (SSSR count). The molecule has 0 N–H and O–H groups in total. The highest BCUT2D eigenvalue weighted by Gasteiger charge is 2.37. The van der Waals surface area contributed by atoms with Crippen LogP contribution >= 0.6 is 11.8 Å². The van der Waals surface area contributed by atoms with Crippen LogP contribution in [0.4, 0.5) is 4.79 Å². The van der Waals surface area contributed by atoms with E-state index in [1.165, 1.54) is 16.7 Å². The molecule has 0 aromatic rings. The quantitative estimate of drug-likeness (QED) is 0.422. The van der Waals surface area contributed by atoms with E-state index in [2.05, 4.69) is 4.79 Å². The number of thioether (sulfide) groups is 1. The number of ketones is 1. The molecule has 1 fully saturated rings. The summed E-state index contributed by atoms with van der Waals surface area (Å²) in [5.74, 6) is 0.498. The smallest absolute Gasteiger partial charge is 0.411 e. The third-order valence-electron chi connectivity index (χ3n) is 2.02. The van der Waals surface area contributed by atoms with Gasteiger partial charge in [-0.1, -0.05) is 0 Å². The minimum absolute atomic E-state index is 0.400. The Kier molecular flexibility index (Phi) is 4.31. The number of carbonyl (C=O) groups is 2. The number of nitrogens with zero attached hydrogens (tertiary/aromatic N) is 3. The second kappa shape index (κ2) is 5.33. The van der Waals surface area contributed by atoms with Gasteiger partial charge in [0, 0.05) is 5.75 Å². The molecule has 0 bridgehead atoms. The first kappa shape index (κ1) is 13.7. The lowest BCUT2D eigenvalue weighted by Crippen LogP contribution is -2.44. The Hall–Kier alpha value is -1.33. The molecular formula is C10H15N3O3S. The van der Waals surface area contributed by atoms with E-state index in [9.17, 15) is 9.59 Å². The van der Waals surface area contributed by atoms with E-state index < -0.39 is 23.5 Å². The first-order valence-corrected chi connectivity index (χ1v) is 6.29. The van der Waals surface area contributed by atoms with E-state index in [0.29, 0.717) is 11.6 Å². The van der Waals surface area contributed by atoms with Crippen molar-refractivity contribution in [2.75, 3.05) is 11.6 Å². The van der Waals surface area contributed by atoms with Crippen molar-refractivity contribution in [3.05, 3.63) is 5.53 Å². The van der Waals surface area contributed by atoms with Crippen LogP contribution in [0.5, 0.6) is 0 Å². The number of ether oxygens (including phenoxy) is 1. The largest absolute Gasteiger partial charge is 0.444 e. The van der Waals surface area contributed by atoms with Crippen molar-refractivity contribution in [2.45, 2.75) is 32.4 Å². The third-order valence-corrected chi connectivity index (χ3v) is 3.04. The van der Waals surface area contributed by atoms with Crippen molar-refractivity contribution in [1.82, 2.24) is 4.90 Å². The lowest BCUT2D eigenvalue weighted by molar-refractivity contribution is -0.119. The Balaban J connectivity index is 2.72. The fourth-order valence-corrected chi connectivity index (χ4v) is 2.48. The second-order valence-electron chi connectivity index (χ2n) is 4.61. The molecule has 0 spiro atoms. The summed E-state index contributed by atoms with van der Waals surface area (Å²) < 4.78 is 5.19. The van der Waals surface area contributed by atoms with Crippen LogP contribution in [0, 0.1) is 0 Å². The Morgan fingerprint density at radius 2 is 2.18 bits per heavy atom. The average Bonchev–Trinajstić information content (AvgIpc) is 2.63. The highest BCUT2D eigenvalue weighted by atomic mass is 32.2. The van der Waals surface area contributed by atoms with Crippen LogP contribution in [-0.2, 0) is 9.53 Å². The van der Waals surface area contributed by atoms with Gasteiger partial charge in [0.2, 0.25) is 0 Å². The van der Waals surface area contributed by atoms with Crippen LogP contribution in [0.3, 0.4) is 0 Å². The Morgan fingerprint density at radius 1 is 1.53 bits per heavy atom. The highest BCUT2D eigenvalue weighted by molar-refractivity contribution is 7.99. The molecule has 1 amide bonds. The van der Waals surface area contributed by atoms with E-state index in [1.54, 1.807) is 20.8 Å². The van der Waals surface area contributed by atoms with Crippen molar-refractivity contribution in [2.24, 2.45) is 0 Å². The molecule has 1 atom stereocenters. The Morgan fingerprint density at radius 3 is 2.71 bits per heavy atom. The molecule has 1 heterocycles. The van der Waals surface area contributed by atoms with Crippen LogP contribution in [0.15, 0.2) is 0 Å². The molecule has 7 heteroatoms. The van der Waals surface area contributed by atoms with Crippen molar-refractivity contribution in [3.63, 3.8) is 0 Å². The molecule has 6 nitrogen and oxygen atoms in total. The Bertz CT molecular complexity index is 371. The van der Waals surface area contributed by atoms with Crippen molar-refractivity contribution < 1.29 is 19.1 Å². The summed E-state index contributed by atoms with van der Waals surface area (Å²) in [5, 5.41) is 0. The fourth-order valence-electron chi connectivity index (χ4n) is 1.32. The van der Waals surface area contributed by atoms with Crippen LogP contribution in [0.25, 0.3) is 5.53 Å². The summed E-state index contributed by atoms with van der Waals surface area (Å²) in [4.78, 5) is 27.4. The molecule has 94 valence electrons. The van der Waals surface area contributed by atoms with Gasteiger partial charge in [0.05, 0.1) is 5.88 Å².